The predicted octanol–water partition coefficient (Wildman–Crippen LogP) is 2.33. The van der Waals surface area contributed by atoms with Gasteiger partial charge in [0.05, 0.1) is 24.3 Å². The van der Waals surface area contributed by atoms with Crippen molar-refractivity contribution in [3.8, 4) is 0 Å². The second-order valence-electron chi connectivity index (χ2n) is 4.20. The van der Waals surface area contributed by atoms with Crippen molar-refractivity contribution in [2.45, 2.75) is 13.3 Å². The lowest BCUT2D eigenvalue weighted by Gasteiger charge is -2.38. The van der Waals surface area contributed by atoms with Crippen LogP contribution in [0.25, 0.3) is 0 Å². The Hall–Kier alpha value is -1.49. The van der Waals surface area contributed by atoms with Crippen molar-refractivity contribution >= 4 is 11.6 Å². The second-order valence-corrected chi connectivity index (χ2v) is 4.20. The Morgan fingerprint density at radius 3 is 2.71 bits per heavy atom. The van der Waals surface area contributed by atoms with E-state index in [4.69, 9.17) is 4.74 Å². The van der Waals surface area contributed by atoms with Crippen molar-refractivity contribution in [3.05, 3.63) is 29.8 Å². The number of nitrogens with one attached hydrogen (secondary N) is 1. The number of hydrogen-bond donors (Lipinski definition) is 1. The molecule has 92 valence electrons. The first-order chi connectivity index (χ1) is 8.07. The molecule has 5 heteroatoms. The van der Waals surface area contributed by atoms with Crippen molar-refractivity contribution in [1.82, 2.24) is 0 Å². The summed E-state index contributed by atoms with van der Waals surface area (Å²) in [4.78, 5) is 11.9. The Morgan fingerprint density at radius 2 is 2.18 bits per heavy atom. The van der Waals surface area contributed by atoms with Crippen LogP contribution in [0.2, 0.25) is 0 Å². The minimum atomic E-state index is -0.647. The molecule has 1 fully saturated rings. The summed E-state index contributed by atoms with van der Waals surface area (Å²) in [6, 6.07) is 2.96. The summed E-state index contributed by atoms with van der Waals surface area (Å²) in [5, 5.41) is 2.41. The highest BCUT2D eigenvalue weighted by Gasteiger charge is 2.44. The van der Waals surface area contributed by atoms with Gasteiger partial charge < -0.3 is 10.1 Å². The molecule has 1 amide bonds. The average Bonchev–Trinajstić information content (AvgIpc) is 2.23. The first kappa shape index (κ1) is 12.0. The van der Waals surface area contributed by atoms with Crippen LogP contribution in [0.5, 0.6) is 0 Å². The molecule has 3 nitrogen and oxygen atoms in total. The normalized spacial score (nSPS) is 17.4. The van der Waals surface area contributed by atoms with E-state index in [1.165, 1.54) is 0 Å². The summed E-state index contributed by atoms with van der Waals surface area (Å²) in [5.41, 5.74) is -0.728. The largest absolute Gasteiger partial charge is 0.379 e. The highest BCUT2D eigenvalue weighted by molar-refractivity contribution is 5.96. The topological polar surface area (TPSA) is 38.3 Å². The zero-order chi connectivity index (χ0) is 12.5. The van der Waals surface area contributed by atoms with Crippen LogP contribution in [0.15, 0.2) is 18.2 Å². The third-order valence-electron chi connectivity index (χ3n) is 3.09. The Labute approximate surface area is 97.8 Å². The zero-order valence-corrected chi connectivity index (χ0v) is 9.43. The molecule has 1 aliphatic rings. The van der Waals surface area contributed by atoms with Gasteiger partial charge in [-0.05, 0) is 18.6 Å². The fourth-order valence-corrected chi connectivity index (χ4v) is 1.69. The Bertz CT molecular complexity index is 439. The maximum absolute atomic E-state index is 13.3. The minimum Gasteiger partial charge on any atom is -0.379 e. The summed E-state index contributed by atoms with van der Waals surface area (Å²) in [5.74, 6) is -1.56. The number of benzene rings is 1. The van der Waals surface area contributed by atoms with Gasteiger partial charge in [0.1, 0.15) is 11.6 Å². The number of carbonyl (C=O) groups excluding carboxylic acids is 1. The smallest absolute Gasteiger partial charge is 0.235 e. The molecule has 0 spiro atoms. The second kappa shape index (κ2) is 4.41. The van der Waals surface area contributed by atoms with Crippen molar-refractivity contribution in [1.29, 1.82) is 0 Å². The maximum atomic E-state index is 13.3. The van der Waals surface area contributed by atoms with Gasteiger partial charge >= 0.3 is 0 Å². The molecule has 1 aromatic rings. The van der Waals surface area contributed by atoms with E-state index in [2.05, 4.69) is 5.32 Å². The van der Waals surface area contributed by atoms with Crippen LogP contribution < -0.4 is 5.32 Å². The first-order valence-corrected chi connectivity index (χ1v) is 5.42. The van der Waals surface area contributed by atoms with Crippen molar-refractivity contribution in [2.24, 2.45) is 5.41 Å². The van der Waals surface area contributed by atoms with Crippen LogP contribution in [0.3, 0.4) is 0 Å². The van der Waals surface area contributed by atoms with E-state index in [9.17, 15) is 13.6 Å². The molecular weight excluding hydrogens is 228 g/mol. The van der Waals surface area contributed by atoms with Crippen molar-refractivity contribution < 1.29 is 18.3 Å². The van der Waals surface area contributed by atoms with Crippen LogP contribution in [0.1, 0.15) is 13.3 Å². The Balaban J connectivity index is 2.15. The van der Waals surface area contributed by atoms with E-state index < -0.39 is 17.0 Å². The monoisotopic (exact) mass is 241 g/mol. The average molecular weight is 241 g/mol. The van der Waals surface area contributed by atoms with Gasteiger partial charge in [-0.2, -0.15) is 0 Å². The van der Waals surface area contributed by atoms with Gasteiger partial charge in [0.25, 0.3) is 0 Å². The van der Waals surface area contributed by atoms with Crippen molar-refractivity contribution in [3.63, 3.8) is 0 Å². The molecule has 0 atom stereocenters. The van der Waals surface area contributed by atoms with Gasteiger partial charge in [-0.1, -0.05) is 6.92 Å². The summed E-state index contributed by atoms with van der Waals surface area (Å²) >= 11 is 0. The van der Waals surface area contributed by atoms with E-state index >= 15 is 0 Å². The third-order valence-corrected chi connectivity index (χ3v) is 3.09. The number of carbonyl (C=O) groups is 1. The molecule has 0 saturated carbocycles. The zero-order valence-electron chi connectivity index (χ0n) is 9.43. The molecule has 0 aliphatic carbocycles. The first-order valence-electron chi connectivity index (χ1n) is 5.42. The lowest BCUT2D eigenvalue weighted by Crippen LogP contribution is -2.51. The van der Waals surface area contributed by atoms with Gasteiger partial charge in [-0.3, -0.25) is 4.79 Å². The lowest BCUT2D eigenvalue weighted by atomic mass is 9.82. The highest BCUT2D eigenvalue weighted by Crippen LogP contribution is 2.33. The Kier molecular flexibility index (Phi) is 3.11. The number of ether oxygens (including phenoxy) is 1. The van der Waals surface area contributed by atoms with Crippen LogP contribution in [-0.4, -0.2) is 19.1 Å². The molecule has 0 aromatic heterocycles. The fraction of sp³-hybridized carbons (Fsp3) is 0.417. The van der Waals surface area contributed by atoms with Gasteiger partial charge in [0, 0.05) is 6.07 Å². The minimum absolute atomic E-state index is 0.130. The molecule has 0 bridgehead atoms. The molecule has 1 aliphatic heterocycles. The number of hydrogen-bond acceptors (Lipinski definition) is 2. The highest BCUT2D eigenvalue weighted by atomic mass is 19.1. The van der Waals surface area contributed by atoms with Crippen LogP contribution in [0, 0.1) is 17.0 Å². The molecule has 1 saturated heterocycles. The molecular formula is C12H13F2NO2. The number of rotatable bonds is 3. The SMILES string of the molecule is CCC1(C(=O)Nc2cc(F)ccc2F)COC1. The predicted molar refractivity (Wildman–Crippen MR) is 58.5 cm³/mol. The number of anilines is 1. The van der Waals surface area contributed by atoms with Crippen LogP contribution >= 0.6 is 0 Å². The molecule has 2 rings (SSSR count). The molecule has 1 heterocycles. The standard InChI is InChI=1S/C12H13F2NO2/c1-2-12(6-17-7-12)11(16)15-10-5-8(13)3-4-9(10)14/h3-5H,2,6-7H2,1H3,(H,15,16). The molecule has 17 heavy (non-hydrogen) atoms. The summed E-state index contributed by atoms with van der Waals surface area (Å²) in [6.07, 6.45) is 0.607. The van der Waals surface area contributed by atoms with Crippen molar-refractivity contribution in [2.75, 3.05) is 18.5 Å². The van der Waals surface area contributed by atoms with Gasteiger partial charge in [-0.25, -0.2) is 8.78 Å². The Morgan fingerprint density at radius 1 is 1.47 bits per heavy atom. The van der Waals surface area contributed by atoms with Gasteiger partial charge in [-0.15, -0.1) is 0 Å². The van der Waals surface area contributed by atoms with Gasteiger partial charge in [0.2, 0.25) is 5.91 Å². The summed E-state index contributed by atoms with van der Waals surface area (Å²) in [7, 11) is 0. The molecule has 0 unspecified atom stereocenters. The number of halogens is 2. The molecule has 1 N–H and O–H groups in total. The lowest BCUT2D eigenvalue weighted by molar-refractivity contribution is -0.156. The van der Waals surface area contributed by atoms with E-state index in [1.807, 2.05) is 6.92 Å². The van der Waals surface area contributed by atoms with E-state index in [0.29, 0.717) is 19.6 Å². The maximum Gasteiger partial charge on any atom is 0.235 e. The van der Waals surface area contributed by atoms with E-state index in [-0.39, 0.29) is 11.6 Å². The van der Waals surface area contributed by atoms with Gasteiger partial charge in [0.15, 0.2) is 0 Å². The summed E-state index contributed by atoms with van der Waals surface area (Å²) in [6.45, 7) is 2.52. The molecule has 1 aromatic carbocycles. The van der Waals surface area contributed by atoms with Crippen LogP contribution in [0.4, 0.5) is 14.5 Å². The van der Waals surface area contributed by atoms with E-state index in [0.717, 1.165) is 18.2 Å². The summed E-state index contributed by atoms with van der Waals surface area (Å²) < 4.78 is 31.3. The van der Waals surface area contributed by atoms with E-state index in [1.54, 1.807) is 0 Å². The molecule has 0 radical (unpaired) electrons. The number of amides is 1. The van der Waals surface area contributed by atoms with Crippen LogP contribution in [-0.2, 0) is 9.53 Å². The fourth-order valence-electron chi connectivity index (χ4n) is 1.69. The quantitative estimate of drug-likeness (QED) is 0.882. The third kappa shape index (κ3) is 2.15.